The molecule has 2 aromatic rings. The summed E-state index contributed by atoms with van der Waals surface area (Å²) in [5.41, 5.74) is 1.40. The number of nitro groups is 1. The minimum absolute atomic E-state index is 0.0769. The maximum absolute atomic E-state index is 12.5. The van der Waals surface area contributed by atoms with Gasteiger partial charge in [0.2, 0.25) is 6.54 Å². The lowest BCUT2D eigenvalue weighted by Gasteiger charge is -2.18. The Bertz CT molecular complexity index is 616. The number of benzene rings is 2. The van der Waals surface area contributed by atoms with E-state index >= 15 is 0 Å². The summed E-state index contributed by atoms with van der Waals surface area (Å²) >= 11 is 2.02. The average Bonchev–Trinajstić information content (AvgIpc) is 2.53. The molecule has 2 aromatic carbocycles. The highest BCUT2D eigenvalue weighted by Gasteiger charge is 2.31. The van der Waals surface area contributed by atoms with Gasteiger partial charge in [-0.05, 0) is 5.56 Å². The zero-order valence-electron chi connectivity index (χ0n) is 11.2. The van der Waals surface area contributed by atoms with Crippen molar-refractivity contribution in [2.24, 2.45) is 0 Å². The summed E-state index contributed by atoms with van der Waals surface area (Å²) in [5.74, 6) is -0.513. The second kappa shape index (κ2) is 7.31. The van der Waals surface area contributed by atoms with Crippen LogP contribution in [0.2, 0.25) is 0 Å². The Morgan fingerprint density at radius 2 is 1.57 bits per heavy atom. The zero-order valence-corrected chi connectivity index (χ0v) is 13.3. The lowest BCUT2D eigenvalue weighted by molar-refractivity contribution is -0.482. The molecule has 0 aromatic heterocycles. The summed E-state index contributed by atoms with van der Waals surface area (Å²) in [7, 11) is 0. The Labute approximate surface area is 136 Å². The van der Waals surface area contributed by atoms with Gasteiger partial charge in [-0.25, -0.2) is 0 Å². The van der Waals surface area contributed by atoms with Gasteiger partial charge in [0.25, 0.3) is 0 Å². The lowest BCUT2D eigenvalue weighted by Crippen LogP contribution is -2.28. The number of nitrogens with zero attached hydrogens (tertiary/aromatic N) is 1. The first kappa shape index (κ1) is 15.6. The van der Waals surface area contributed by atoms with E-state index in [1.807, 2.05) is 59.0 Å². The van der Waals surface area contributed by atoms with Gasteiger partial charge in [-0.15, -0.1) is 0 Å². The number of hydrogen-bond acceptors (Lipinski definition) is 3. The van der Waals surface area contributed by atoms with Crippen LogP contribution in [-0.2, 0) is 0 Å². The molecule has 4 nitrogen and oxygen atoms in total. The van der Waals surface area contributed by atoms with Crippen LogP contribution in [0.3, 0.4) is 0 Å². The van der Waals surface area contributed by atoms with Crippen LogP contribution in [0.15, 0.2) is 60.7 Å². The average molecular weight is 395 g/mol. The number of alkyl halides is 1. The standard InChI is InChI=1S/C16H14INO3/c17-15(16(19)13-9-5-2-6-10-13)14(11-18(20)21)12-7-3-1-4-8-12/h1-10,14-15H,11H2. The predicted octanol–water partition coefficient (Wildman–Crippen LogP) is 3.73. The SMILES string of the molecule is O=C(c1ccccc1)C(I)C(C[N+](=O)[O-])c1ccccc1. The van der Waals surface area contributed by atoms with E-state index in [4.69, 9.17) is 0 Å². The molecule has 0 heterocycles. The lowest BCUT2D eigenvalue weighted by atomic mass is 9.91. The molecule has 0 saturated carbocycles. The van der Waals surface area contributed by atoms with Crippen molar-refractivity contribution in [3.05, 3.63) is 81.9 Å². The Morgan fingerprint density at radius 3 is 2.10 bits per heavy atom. The third-order valence-corrected chi connectivity index (χ3v) is 4.67. The largest absolute Gasteiger partial charge is 0.293 e. The zero-order chi connectivity index (χ0) is 15.2. The van der Waals surface area contributed by atoms with E-state index in [1.165, 1.54) is 0 Å². The van der Waals surface area contributed by atoms with Crippen molar-refractivity contribution in [3.63, 3.8) is 0 Å². The summed E-state index contributed by atoms with van der Waals surface area (Å²) in [4.78, 5) is 23.1. The van der Waals surface area contributed by atoms with E-state index in [1.54, 1.807) is 24.3 Å². The molecule has 0 spiro atoms. The quantitative estimate of drug-likeness (QED) is 0.246. The summed E-state index contributed by atoms with van der Waals surface area (Å²) in [6.07, 6.45) is 0. The van der Waals surface area contributed by atoms with E-state index < -0.39 is 9.84 Å². The number of Topliss-reactive ketones (excluding diaryl/α,β-unsaturated/α-hetero) is 1. The first-order valence-corrected chi connectivity index (χ1v) is 7.74. The maximum atomic E-state index is 12.5. The van der Waals surface area contributed by atoms with E-state index in [-0.39, 0.29) is 17.3 Å². The van der Waals surface area contributed by atoms with Gasteiger partial charge in [0.1, 0.15) is 0 Å². The molecule has 2 rings (SSSR count). The number of carbonyl (C=O) groups is 1. The number of carbonyl (C=O) groups excluding carboxylic acids is 1. The van der Waals surface area contributed by atoms with Crippen LogP contribution in [-0.4, -0.2) is 21.2 Å². The van der Waals surface area contributed by atoms with Crippen molar-refractivity contribution >= 4 is 28.4 Å². The Morgan fingerprint density at radius 1 is 1.05 bits per heavy atom. The number of rotatable bonds is 6. The van der Waals surface area contributed by atoms with E-state index in [0.29, 0.717) is 5.56 Å². The van der Waals surface area contributed by atoms with Gasteiger partial charge in [-0.1, -0.05) is 83.3 Å². The second-order valence-electron chi connectivity index (χ2n) is 4.66. The second-order valence-corrected chi connectivity index (χ2v) is 6.01. The van der Waals surface area contributed by atoms with Gasteiger partial charge in [0.05, 0.1) is 9.84 Å². The van der Waals surface area contributed by atoms with Crippen molar-refractivity contribution in [3.8, 4) is 0 Å². The van der Waals surface area contributed by atoms with Gasteiger partial charge in [-0.2, -0.15) is 0 Å². The number of hydrogen-bond donors (Lipinski definition) is 0. The van der Waals surface area contributed by atoms with Crippen molar-refractivity contribution in [1.82, 2.24) is 0 Å². The first-order valence-electron chi connectivity index (χ1n) is 6.49. The molecule has 0 aliphatic carbocycles. The van der Waals surface area contributed by atoms with Crippen LogP contribution in [0.5, 0.6) is 0 Å². The highest BCUT2D eigenvalue weighted by atomic mass is 127. The Hall–Kier alpha value is -1.76. The third kappa shape index (κ3) is 4.10. The molecule has 5 heteroatoms. The van der Waals surface area contributed by atoms with Crippen molar-refractivity contribution in [1.29, 1.82) is 0 Å². The predicted molar refractivity (Wildman–Crippen MR) is 89.6 cm³/mol. The van der Waals surface area contributed by atoms with Crippen molar-refractivity contribution < 1.29 is 9.72 Å². The molecule has 0 saturated heterocycles. The number of halogens is 1. The van der Waals surface area contributed by atoms with Gasteiger partial charge in [-0.3, -0.25) is 14.9 Å². The molecule has 0 bridgehead atoms. The summed E-state index contributed by atoms with van der Waals surface area (Å²) < 4.78 is -0.474. The molecular formula is C16H14INO3. The Balaban J connectivity index is 2.28. The maximum Gasteiger partial charge on any atom is 0.212 e. The molecular weight excluding hydrogens is 381 g/mol. The molecule has 2 atom stereocenters. The molecule has 0 aliphatic rings. The highest BCUT2D eigenvalue weighted by molar-refractivity contribution is 14.1. The van der Waals surface area contributed by atoms with Crippen LogP contribution >= 0.6 is 22.6 Å². The van der Waals surface area contributed by atoms with Gasteiger partial charge < -0.3 is 0 Å². The van der Waals surface area contributed by atoms with Crippen molar-refractivity contribution in [2.75, 3.05) is 6.54 Å². The molecule has 0 radical (unpaired) electrons. The van der Waals surface area contributed by atoms with E-state index in [2.05, 4.69) is 0 Å². The fraction of sp³-hybridized carbons (Fsp3) is 0.188. The molecule has 0 aliphatic heterocycles. The molecule has 2 unspecified atom stereocenters. The van der Waals surface area contributed by atoms with Crippen LogP contribution in [0.4, 0.5) is 0 Å². The fourth-order valence-electron chi connectivity index (χ4n) is 2.17. The molecule has 21 heavy (non-hydrogen) atoms. The number of ketones is 1. The van der Waals surface area contributed by atoms with E-state index in [0.717, 1.165) is 5.56 Å². The first-order chi connectivity index (χ1) is 10.1. The third-order valence-electron chi connectivity index (χ3n) is 3.24. The van der Waals surface area contributed by atoms with Gasteiger partial charge in [0.15, 0.2) is 5.78 Å². The van der Waals surface area contributed by atoms with Gasteiger partial charge in [0, 0.05) is 10.5 Å². The molecule has 108 valence electrons. The van der Waals surface area contributed by atoms with Crippen LogP contribution in [0, 0.1) is 10.1 Å². The molecule has 0 N–H and O–H groups in total. The minimum atomic E-state index is -0.474. The van der Waals surface area contributed by atoms with E-state index in [9.17, 15) is 14.9 Å². The van der Waals surface area contributed by atoms with Crippen LogP contribution < -0.4 is 0 Å². The normalized spacial score (nSPS) is 13.4. The molecule has 0 amide bonds. The monoisotopic (exact) mass is 395 g/mol. The topological polar surface area (TPSA) is 60.2 Å². The summed E-state index contributed by atoms with van der Waals surface area (Å²) in [6.45, 7) is -0.254. The molecule has 0 fully saturated rings. The van der Waals surface area contributed by atoms with Crippen LogP contribution in [0.25, 0.3) is 0 Å². The van der Waals surface area contributed by atoms with Gasteiger partial charge >= 0.3 is 0 Å². The minimum Gasteiger partial charge on any atom is -0.293 e. The fourth-order valence-corrected chi connectivity index (χ4v) is 3.17. The van der Waals surface area contributed by atoms with Crippen LogP contribution in [0.1, 0.15) is 21.8 Å². The van der Waals surface area contributed by atoms with Crippen molar-refractivity contribution in [2.45, 2.75) is 9.84 Å². The Kier molecular flexibility index (Phi) is 5.44. The summed E-state index contributed by atoms with van der Waals surface area (Å²) in [5, 5.41) is 10.9. The highest BCUT2D eigenvalue weighted by Crippen LogP contribution is 2.28. The summed E-state index contributed by atoms with van der Waals surface area (Å²) in [6, 6.07) is 18.1. The smallest absolute Gasteiger partial charge is 0.212 e.